The first-order valence-electron chi connectivity index (χ1n) is 9.90. The van der Waals surface area contributed by atoms with Crippen LogP contribution >= 0.6 is 0 Å². The van der Waals surface area contributed by atoms with Crippen LogP contribution in [-0.2, 0) is 0 Å². The minimum atomic E-state index is -0.0178. The molecule has 8 nitrogen and oxygen atoms in total. The molecule has 1 aliphatic heterocycles. The van der Waals surface area contributed by atoms with Gasteiger partial charge in [-0.05, 0) is 50.4 Å². The number of H-pyrrole nitrogens is 1. The summed E-state index contributed by atoms with van der Waals surface area (Å²) in [6, 6.07) is 9.50. The molecule has 1 aromatic carbocycles. The van der Waals surface area contributed by atoms with Gasteiger partial charge >= 0.3 is 0 Å². The lowest BCUT2D eigenvalue weighted by Crippen LogP contribution is -2.46. The molecule has 1 amide bonds. The summed E-state index contributed by atoms with van der Waals surface area (Å²) in [6.45, 7) is 8.97. The summed E-state index contributed by atoms with van der Waals surface area (Å²) in [6.07, 6.45) is -0.0178. The number of aryl methyl sites for hydroxylation is 1. The standard InChI is InChI=1S/C21H26N6O2/c1-13(2)29-20-17-5-4-15(21(28)27-8-6-22-7-9-27)11-16(17)12-18(24-20)23-19-10-14(3)25-26-19/h4-5,10-13,22H,6-9H2,1-3H3,(H2,23,24,25,26). The molecule has 152 valence electrons. The van der Waals surface area contributed by atoms with Gasteiger partial charge in [-0.2, -0.15) is 10.1 Å². The number of nitrogens with zero attached hydrogens (tertiary/aromatic N) is 3. The summed E-state index contributed by atoms with van der Waals surface area (Å²) in [7, 11) is 0. The largest absolute Gasteiger partial charge is 0.474 e. The Morgan fingerprint density at radius 2 is 1.97 bits per heavy atom. The lowest BCUT2D eigenvalue weighted by molar-refractivity contribution is 0.0736. The van der Waals surface area contributed by atoms with Gasteiger partial charge < -0.3 is 20.3 Å². The average molecular weight is 394 g/mol. The quantitative estimate of drug-likeness (QED) is 0.616. The number of aromatic nitrogens is 3. The molecule has 0 bridgehead atoms. The zero-order valence-electron chi connectivity index (χ0n) is 17.0. The molecule has 4 rings (SSSR count). The number of ether oxygens (including phenoxy) is 1. The van der Waals surface area contributed by atoms with Crippen LogP contribution < -0.4 is 15.4 Å². The Labute approximate surface area is 169 Å². The van der Waals surface area contributed by atoms with Crippen LogP contribution in [0.25, 0.3) is 10.8 Å². The van der Waals surface area contributed by atoms with Gasteiger partial charge in [0.05, 0.1) is 6.10 Å². The maximum atomic E-state index is 12.9. The molecule has 0 atom stereocenters. The predicted octanol–water partition coefficient (Wildman–Crippen LogP) is 2.84. The predicted molar refractivity (Wildman–Crippen MR) is 113 cm³/mol. The molecule has 1 saturated heterocycles. The van der Waals surface area contributed by atoms with Crippen LogP contribution in [-0.4, -0.2) is 58.3 Å². The number of anilines is 2. The lowest BCUT2D eigenvalue weighted by atomic mass is 10.1. The SMILES string of the molecule is Cc1cc(Nc2cc3cc(C(=O)N4CCNCC4)ccc3c(OC(C)C)n2)n[nH]1. The molecule has 3 aromatic rings. The minimum Gasteiger partial charge on any atom is -0.474 e. The van der Waals surface area contributed by atoms with E-state index >= 15 is 0 Å². The summed E-state index contributed by atoms with van der Waals surface area (Å²) in [5, 5.41) is 15.4. The number of carbonyl (C=O) groups is 1. The first-order valence-corrected chi connectivity index (χ1v) is 9.90. The van der Waals surface area contributed by atoms with Gasteiger partial charge in [-0.1, -0.05) is 0 Å². The highest BCUT2D eigenvalue weighted by Gasteiger charge is 2.19. The third kappa shape index (κ3) is 4.32. The molecular weight excluding hydrogens is 368 g/mol. The van der Waals surface area contributed by atoms with Crippen molar-refractivity contribution in [2.24, 2.45) is 0 Å². The maximum absolute atomic E-state index is 12.9. The number of piperazine rings is 1. The molecule has 1 aliphatic rings. The molecule has 0 unspecified atom stereocenters. The van der Waals surface area contributed by atoms with Crippen molar-refractivity contribution in [1.29, 1.82) is 0 Å². The molecule has 0 radical (unpaired) electrons. The first kappa shape index (κ1) is 19.2. The van der Waals surface area contributed by atoms with Crippen LogP contribution in [0.1, 0.15) is 29.9 Å². The van der Waals surface area contributed by atoms with E-state index in [2.05, 4.69) is 25.8 Å². The van der Waals surface area contributed by atoms with Crippen LogP contribution in [0, 0.1) is 6.92 Å². The Bertz CT molecular complexity index is 1020. The van der Waals surface area contributed by atoms with E-state index < -0.39 is 0 Å². The van der Waals surface area contributed by atoms with Crippen molar-refractivity contribution in [2.75, 3.05) is 31.5 Å². The Kier molecular flexibility index (Phi) is 5.35. The van der Waals surface area contributed by atoms with E-state index in [1.807, 2.05) is 56.0 Å². The van der Waals surface area contributed by atoms with Crippen molar-refractivity contribution < 1.29 is 9.53 Å². The van der Waals surface area contributed by atoms with Gasteiger partial charge in [0, 0.05) is 48.9 Å². The summed E-state index contributed by atoms with van der Waals surface area (Å²) in [5.41, 5.74) is 1.62. The van der Waals surface area contributed by atoms with Gasteiger partial charge in [0.25, 0.3) is 5.91 Å². The molecule has 0 aliphatic carbocycles. The van der Waals surface area contributed by atoms with Crippen molar-refractivity contribution in [3.8, 4) is 5.88 Å². The van der Waals surface area contributed by atoms with Gasteiger partial charge in [-0.15, -0.1) is 0 Å². The maximum Gasteiger partial charge on any atom is 0.253 e. The molecule has 1 fully saturated rings. The number of pyridine rings is 1. The molecule has 8 heteroatoms. The number of amides is 1. The van der Waals surface area contributed by atoms with Crippen molar-refractivity contribution in [1.82, 2.24) is 25.4 Å². The Hall–Kier alpha value is -3.13. The van der Waals surface area contributed by atoms with Crippen molar-refractivity contribution in [3.63, 3.8) is 0 Å². The summed E-state index contributed by atoms with van der Waals surface area (Å²) in [4.78, 5) is 19.4. The van der Waals surface area contributed by atoms with Crippen LogP contribution in [0.5, 0.6) is 5.88 Å². The minimum absolute atomic E-state index is 0.0178. The van der Waals surface area contributed by atoms with Crippen molar-refractivity contribution >= 4 is 28.3 Å². The zero-order valence-corrected chi connectivity index (χ0v) is 17.0. The number of hydrogen-bond acceptors (Lipinski definition) is 6. The highest BCUT2D eigenvalue weighted by Crippen LogP contribution is 2.30. The fourth-order valence-corrected chi connectivity index (χ4v) is 3.40. The second-order valence-corrected chi connectivity index (χ2v) is 7.52. The number of carbonyl (C=O) groups excluding carboxylic acids is 1. The zero-order chi connectivity index (χ0) is 20.4. The van der Waals surface area contributed by atoms with Gasteiger partial charge in [0.1, 0.15) is 5.82 Å². The van der Waals surface area contributed by atoms with Gasteiger partial charge in [-0.3, -0.25) is 9.89 Å². The molecule has 0 saturated carbocycles. The lowest BCUT2D eigenvalue weighted by Gasteiger charge is -2.27. The second kappa shape index (κ2) is 8.08. The van der Waals surface area contributed by atoms with Gasteiger partial charge in [-0.25, -0.2) is 0 Å². The molecule has 3 N–H and O–H groups in total. The number of hydrogen-bond donors (Lipinski definition) is 3. The Morgan fingerprint density at radius 3 is 2.66 bits per heavy atom. The monoisotopic (exact) mass is 394 g/mol. The Morgan fingerprint density at radius 1 is 1.17 bits per heavy atom. The normalized spacial score (nSPS) is 14.4. The highest BCUT2D eigenvalue weighted by atomic mass is 16.5. The molecule has 0 spiro atoms. The average Bonchev–Trinajstić information content (AvgIpc) is 3.11. The van der Waals surface area contributed by atoms with Crippen molar-refractivity contribution in [2.45, 2.75) is 26.9 Å². The van der Waals surface area contributed by atoms with E-state index in [9.17, 15) is 4.79 Å². The van der Waals surface area contributed by atoms with Crippen LogP contribution in [0.2, 0.25) is 0 Å². The smallest absolute Gasteiger partial charge is 0.253 e. The van der Waals surface area contributed by atoms with Crippen LogP contribution in [0.15, 0.2) is 30.3 Å². The van der Waals surface area contributed by atoms with E-state index in [4.69, 9.17) is 4.74 Å². The number of fused-ring (bicyclic) bond motifs is 1. The van der Waals surface area contributed by atoms with Gasteiger partial charge in [0.15, 0.2) is 5.82 Å². The van der Waals surface area contributed by atoms with Crippen LogP contribution in [0.4, 0.5) is 11.6 Å². The summed E-state index contributed by atoms with van der Waals surface area (Å²) >= 11 is 0. The molecule has 2 aromatic heterocycles. The van der Waals surface area contributed by atoms with E-state index in [-0.39, 0.29) is 12.0 Å². The third-order valence-electron chi connectivity index (χ3n) is 4.76. The molecule has 29 heavy (non-hydrogen) atoms. The summed E-state index contributed by atoms with van der Waals surface area (Å²) < 4.78 is 5.94. The summed E-state index contributed by atoms with van der Waals surface area (Å²) in [5.74, 6) is 1.88. The fraction of sp³-hybridized carbons (Fsp3) is 0.381. The molecule has 3 heterocycles. The number of rotatable bonds is 5. The van der Waals surface area contributed by atoms with E-state index in [1.165, 1.54) is 0 Å². The van der Waals surface area contributed by atoms with Crippen molar-refractivity contribution in [3.05, 3.63) is 41.6 Å². The topological polar surface area (TPSA) is 95.2 Å². The Balaban J connectivity index is 1.71. The number of aromatic amines is 1. The highest BCUT2D eigenvalue weighted by molar-refractivity contribution is 6.00. The van der Waals surface area contributed by atoms with E-state index in [1.54, 1.807) is 0 Å². The first-order chi connectivity index (χ1) is 14.0. The second-order valence-electron chi connectivity index (χ2n) is 7.52. The number of nitrogens with one attached hydrogen (secondary N) is 3. The van der Waals surface area contributed by atoms with E-state index in [0.29, 0.717) is 23.1 Å². The van der Waals surface area contributed by atoms with Crippen LogP contribution in [0.3, 0.4) is 0 Å². The van der Waals surface area contributed by atoms with Gasteiger partial charge in [0.2, 0.25) is 5.88 Å². The molecular formula is C21H26N6O2. The third-order valence-corrected chi connectivity index (χ3v) is 4.76. The van der Waals surface area contributed by atoms with E-state index in [0.717, 1.165) is 42.6 Å². The fourth-order valence-electron chi connectivity index (χ4n) is 3.40. The number of benzene rings is 1.